The topological polar surface area (TPSA) is 50.7 Å². The first-order chi connectivity index (χ1) is 16.0. The second-order valence-corrected chi connectivity index (χ2v) is 8.92. The van der Waals surface area contributed by atoms with E-state index in [1.807, 2.05) is 6.07 Å². The van der Waals surface area contributed by atoms with Crippen molar-refractivity contribution in [3.05, 3.63) is 76.6 Å². The fourth-order valence-corrected chi connectivity index (χ4v) is 4.99. The zero-order chi connectivity index (χ0) is 22.5. The average Bonchev–Trinajstić information content (AvgIpc) is 3.60. The van der Waals surface area contributed by atoms with Gasteiger partial charge >= 0.3 is 0 Å². The molecule has 2 heterocycles. The molecule has 4 nitrogen and oxygen atoms in total. The maximum absolute atomic E-state index is 14.2. The minimum absolute atomic E-state index is 0.0961. The van der Waals surface area contributed by atoms with Crippen molar-refractivity contribution in [1.82, 2.24) is 15.0 Å². The monoisotopic (exact) mass is 446 g/mol. The summed E-state index contributed by atoms with van der Waals surface area (Å²) in [5.74, 6) is 0.180. The minimum Gasteiger partial charge on any atom is -0.340 e. The third-order valence-electron chi connectivity index (χ3n) is 6.69. The number of allylic oxidation sites excluding steroid dienone is 2. The molecule has 3 aliphatic rings. The van der Waals surface area contributed by atoms with Gasteiger partial charge in [-0.2, -0.15) is 0 Å². The van der Waals surface area contributed by atoms with Crippen molar-refractivity contribution in [2.75, 3.05) is 5.32 Å². The first kappa shape index (κ1) is 20.1. The Balaban J connectivity index is 1.46. The van der Waals surface area contributed by atoms with Crippen LogP contribution in [0.5, 0.6) is 0 Å². The third-order valence-corrected chi connectivity index (χ3v) is 6.69. The van der Waals surface area contributed by atoms with Crippen LogP contribution in [0, 0.1) is 29.4 Å². The average molecular weight is 446 g/mol. The van der Waals surface area contributed by atoms with Gasteiger partial charge in [0, 0.05) is 40.8 Å². The van der Waals surface area contributed by atoms with Gasteiger partial charge in [0.1, 0.15) is 12.0 Å². The van der Waals surface area contributed by atoms with Crippen LogP contribution in [0.4, 0.5) is 24.7 Å². The number of alkyl halides is 1. The largest absolute Gasteiger partial charge is 0.340 e. The molecule has 6 rings (SSSR count). The van der Waals surface area contributed by atoms with Crippen molar-refractivity contribution >= 4 is 23.7 Å². The van der Waals surface area contributed by atoms with Crippen LogP contribution >= 0.6 is 0 Å². The van der Waals surface area contributed by atoms with Gasteiger partial charge in [0.2, 0.25) is 0 Å². The molecule has 0 spiro atoms. The highest BCUT2D eigenvalue weighted by atomic mass is 19.2. The standard InChI is InChI=1S/C26H21F3N4/c27-17-8-16-9-20(16)21(11-17)14-3-5-19-24(10-14)32-25(15-2-1-7-30-13-15)33-26(19)31-18-4-6-22(28)23(29)12-18/h1-2,4-7,10-14,16-17,20H,3,8-9H2,(H,31,32,33). The van der Waals surface area contributed by atoms with E-state index in [1.54, 1.807) is 24.5 Å². The lowest BCUT2D eigenvalue weighted by Gasteiger charge is -2.23. The van der Waals surface area contributed by atoms with Crippen LogP contribution in [0.2, 0.25) is 0 Å². The van der Waals surface area contributed by atoms with E-state index in [2.05, 4.69) is 27.4 Å². The number of anilines is 2. The molecule has 0 bridgehead atoms. The summed E-state index contributed by atoms with van der Waals surface area (Å²) in [6.45, 7) is 0. The van der Waals surface area contributed by atoms with E-state index in [0.717, 1.165) is 41.1 Å². The molecule has 33 heavy (non-hydrogen) atoms. The molecule has 4 unspecified atom stereocenters. The minimum atomic E-state index is -0.935. The van der Waals surface area contributed by atoms with E-state index in [4.69, 9.17) is 4.98 Å². The summed E-state index contributed by atoms with van der Waals surface area (Å²) in [6, 6.07) is 7.32. The van der Waals surface area contributed by atoms with Crippen LogP contribution in [0.1, 0.15) is 19.3 Å². The highest BCUT2D eigenvalue weighted by Gasteiger charge is 2.45. The normalized spacial score (nSPS) is 25.1. The number of hydrogen-bond acceptors (Lipinski definition) is 4. The van der Waals surface area contributed by atoms with Crippen LogP contribution < -0.4 is 15.9 Å². The van der Waals surface area contributed by atoms with Gasteiger partial charge in [-0.25, -0.2) is 23.1 Å². The first-order valence-corrected chi connectivity index (χ1v) is 11.1. The van der Waals surface area contributed by atoms with Crippen molar-refractivity contribution in [3.63, 3.8) is 0 Å². The Morgan fingerprint density at radius 3 is 2.73 bits per heavy atom. The summed E-state index contributed by atoms with van der Waals surface area (Å²) in [5.41, 5.74) is 2.31. The Kier molecular flexibility index (Phi) is 4.78. The van der Waals surface area contributed by atoms with Crippen molar-refractivity contribution < 1.29 is 13.2 Å². The fraction of sp³-hybridized carbons (Fsp3) is 0.269. The Morgan fingerprint density at radius 2 is 1.91 bits per heavy atom. The van der Waals surface area contributed by atoms with E-state index in [9.17, 15) is 13.2 Å². The zero-order valence-corrected chi connectivity index (χ0v) is 17.7. The molecule has 4 atom stereocenters. The highest BCUT2D eigenvalue weighted by molar-refractivity contribution is 5.64. The molecular formula is C26H21F3N4. The van der Waals surface area contributed by atoms with Gasteiger partial charge in [0.15, 0.2) is 17.5 Å². The van der Waals surface area contributed by atoms with Gasteiger partial charge in [-0.3, -0.25) is 4.98 Å². The van der Waals surface area contributed by atoms with E-state index >= 15 is 0 Å². The van der Waals surface area contributed by atoms with Gasteiger partial charge in [-0.05, 0) is 55.4 Å². The summed E-state index contributed by atoms with van der Waals surface area (Å²) >= 11 is 0. The van der Waals surface area contributed by atoms with Crippen molar-refractivity contribution in [3.8, 4) is 11.4 Å². The number of hydrogen-bond donors (Lipinski definition) is 1. The second kappa shape index (κ2) is 7.83. The molecule has 0 amide bonds. The lowest BCUT2D eigenvalue weighted by Crippen LogP contribution is -2.36. The van der Waals surface area contributed by atoms with E-state index in [0.29, 0.717) is 35.6 Å². The number of benzene rings is 1. The molecule has 3 aromatic rings. The molecule has 1 fully saturated rings. The number of rotatable bonds is 4. The smallest absolute Gasteiger partial charge is 0.163 e. The molecule has 2 aromatic heterocycles. The Bertz CT molecular complexity index is 1390. The molecule has 0 saturated heterocycles. The summed E-state index contributed by atoms with van der Waals surface area (Å²) in [4.78, 5) is 13.6. The third kappa shape index (κ3) is 3.81. The highest BCUT2D eigenvalue weighted by Crippen LogP contribution is 2.53. The van der Waals surface area contributed by atoms with Crippen LogP contribution in [0.3, 0.4) is 0 Å². The number of nitrogens with zero attached hydrogens (tertiary/aromatic N) is 3. The van der Waals surface area contributed by atoms with Gasteiger partial charge in [0.25, 0.3) is 0 Å². The van der Waals surface area contributed by atoms with Crippen LogP contribution in [-0.4, -0.2) is 21.1 Å². The van der Waals surface area contributed by atoms with Crippen molar-refractivity contribution in [2.45, 2.75) is 25.4 Å². The molecule has 166 valence electrons. The van der Waals surface area contributed by atoms with Gasteiger partial charge < -0.3 is 5.32 Å². The van der Waals surface area contributed by atoms with E-state index in [-0.39, 0.29) is 5.92 Å². The van der Waals surface area contributed by atoms with Gasteiger partial charge in [-0.1, -0.05) is 23.8 Å². The van der Waals surface area contributed by atoms with Crippen LogP contribution in [-0.2, 0) is 0 Å². The first-order valence-electron chi connectivity index (χ1n) is 11.1. The predicted octanol–water partition coefficient (Wildman–Crippen LogP) is 4.45. The molecule has 1 aromatic carbocycles. The van der Waals surface area contributed by atoms with Crippen LogP contribution in [0.15, 0.2) is 54.4 Å². The zero-order valence-electron chi connectivity index (χ0n) is 17.7. The lowest BCUT2D eigenvalue weighted by molar-refractivity contribution is 0.342. The van der Waals surface area contributed by atoms with Crippen molar-refractivity contribution in [1.29, 1.82) is 0 Å². The van der Waals surface area contributed by atoms with Gasteiger partial charge in [-0.15, -0.1) is 0 Å². The summed E-state index contributed by atoms with van der Waals surface area (Å²) in [7, 11) is 0. The second-order valence-electron chi connectivity index (χ2n) is 8.92. The Labute approximate surface area is 188 Å². The SMILES string of the molecule is Fc1ccc(Nc2nc(-c3cccnc3)nc3c2=CCC(C2=CC(F)CC4CC24)C=3)cc1F. The predicted molar refractivity (Wildman–Crippen MR) is 120 cm³/mol. The summed E-state index contributed by atoms with van der Waals surface area (Å²) < 4.78 is 41.4. The summed E-state index contributed by atoms with van der Waals surface area (Å²) in [6.07, 6.45) is 10.8. The lowest BCUT2D eigenvalue weighted by atomic mass is 9.84. The maximum atomic E-state index is 14.2. The number of pyridine rings is 1. The fourth-order valence-electron chi connectivity index (χ4n) is 4.99. The quantitative estimate of drug-likeness (QED) is 0.602. The van der Waals surface area contributed by atoms with E-state index < -0.39 is 17.8 Å². The molecule has 7 heteroatoms. The van der Waals surface area contributed by atoms with Crippen molar-refractivity contribution in [2.24, 2.45) is 17.8 Å². The van der Waals surface area contributed by atoms with Crippen LogP contribution in [0.25, 0.3) is 23.5 Å². The maximum Gasteiger partial charge on any atom is 0.163 e. The number of nitrogens with one attached hydrogen (secondary N) is 1. The molecule has 0 aliphatic heterocycles. The number of halogens is 3. The molecular weight excluding hydrogens is 425 g/mol. The summed E-state index contributed by atoms with van der Waals surface area (Å²) in [5, 5.41) is 4.66. The van der Waals surface area contributed by atoms with Gasteiger partial charge in [0.05, 0.1) is 5.35 Å². The number of fused-ring (bicyclic) bond motifs is 2. The number of aromatic nitrogens is 3. The van der Waals surface area contributed by atoms with E-state index in [1.165, 1.54) is 11.6 Å². The Hall–Kier alpha value is -3.48. The Morgan fingerprint density at radius 1 is 1.00 bits per heavy atom. The molecule has 0 radical (unpaired) electrons. The molecule has 1 N–H and O–H groups in total. The molecule has 1 saturated carbocycles. The molecule has 3 aliphatic carbocycles.